The standard InChI is InChI=1S/C14H16ClNO2/c1-2-9(8-16)5-12(17)14-7-10-6-11(15)3-4-13(10)18-14/h3-4,6-7,9H,2,5,8,16H2,1H3. The maximum absolute atomic E-state index is 12.0. The van der Waals surface area contributed by atoms with Crippen LogP contribution in [-0.2, 0) is 0 Å². The Morgan fingerprint density at radius 2 is 2.22 bits per heavy atom. The van der Waals surface area contributed by atoms with Crippen molar-refractivity contribution in [2.24, 2.45) is 11.7 Å². The molecule has 1 aromatic heterocycles. The van der Waals surface area contributed by atoms with Crippen LogP contribution in [-0.4, -0.2) is 12.3 Å². The summed E-state index contributed by atoms with van der Waals surface area (Å²) in [6, 6.07) is 7.05. The number of hydrogen-bond donors (Lipinski definition) is 1. The first kappa shape index (κ1) is 13.1. The quantitative estimate of drug-likeness (QED) is 0.840. The molecule has 3 nitrogen and oxygen atoms in total. The molecule has 0 radical (unpaired) electrons. The molecular formula is C14H16ClNO2. The van der Waals surface area contributed by atoms with Gasteiger partial charge in [0.15, 0.2) is 11.5 Å². The van der Waals surface area contributed by atoms with Crippen molar-refractivity contribution >= 4 is 28.4 Å². The van der Waals surface area contributed by atoms with Crippen molar-refractivity contribution in [2.75, 3.05) is 6.54 Å². The topological polar surface area (TPSA) is 56.2 Å². The van der Waals surface area contributed by atoms with E-state index in [0.717, 1.165) is 11.8 Å². The molecule has 1 aromatic carbocycles. The third-order valence-electron chi connectivity index (χ3n) is 3.14. The molecule has 18 heavy (non-hydrogen) atoms. The van der Waals surface area contributed by atoms with E-state index < -0.39 is 0 Å². The number of rotatable bonds is 5. The number of furan rings is 1. The summed E-state index contributed by atoms with van der Waals surface area (Å²) in [5.74, 6) is 0.605. The summed E-state index contributed by atoms with van der Waals surface area (Å²) in [6.45, 7) is 2.55. The SMILES string of the molecule is CCC(CN)CC(=O)c1cc2cc(Cl)ccc2o1. The molecule has 2 aromatic rings. The average molecular weight is 266 g/mol. The van der Waals surface area contributed by atoms with Crippen LogP contribution in [0.4, 0.5) is 0 Å². The second-order valence-corrected chi connectivity index (χ2v) is 4.87. The van der Waals surface area contributed by atoms with Crippen LogP contribution in [0, 0.1) is 5.92 Å². The molecule has 0 saturated heterocycles. The lowest BCUT2D eigenvalue weighted by Crippen LogP contribution is -2.17. The molecule has 0 bridgehead atoms. The molecule has 0 aliphatic heterocycles. The molecule has 0 spiro atoms. The van der Waals surface area contributed by atoms with Crippen LogP contribution in [0.2, 0.25) is 5.02 Å². The lowest BCUT2D eigenvalue weighted by molar-refractivity contribution is 0.0936. The van der Waals surface area contributed by atoms with Gasteiger partial charge in [0, 0.05) is 16.8 Å². The summed E-state index contributed by atoms with van der Waals surface area (Å²) in [5, 5.41) is 1.49. The highest BCUT2D eigenvalue weighted by Crippen LogP contribution is 2.24. The Morgan fingerprint density at radius 3 is 2.89 bits per heavy atom. The van der Waals surface area contributed by atoms with Gasteiger partial charge in [-0.2, -0.15) is 0 Å². The van der Waals surface area contributed by atoms with Crippen LogP contribution in [0.3, 0.4) is 0 Å². The third-order valence-corrected chi connectivity index (χ3v) is 3.37. The highest BCUT2D eigenvalue weighted by Gasteiger charge is 2.16. The van der Waals surface area contributed by atoms with E-state index in [1.807, 2.05) is 6.92 Å². The molecule has 0 aliphatic carbocycles. The minimum Gasteiger partial charge on any atom is -0.453 e. The number of Topliss-reactive ketones (excluding diaryl/α,β-unsaturated/α-hetero) is 1. The van der Waals surface area contributed by atoms with Gasteiger partial charge >= 0.3 is 0 Å². The number of carbonyl (C=O) groups excluding carboxylic acids is 1. The van der Waals surface area contributed by atoms with E-state index in [2.05, 4.69) is 0 Å². The number of carbonyl (C=O) groups is 1. The second kappa shape index (κ2) is 5.55. The average Bonchev–Trinajstić information content (AvgIpc) is 2.78. The van der Waals surface area contributed by atoms with Crippen LogP contribution >= 0.6 is 11.6 Å². The van der Waals surface area contributed by atoms with Gasteiger partial charge in [0.05, 0.1) is 0 Å². The number of ketones is 1. The summed E-state index contributed by atoms with van der Waals surface area (Å²) < 4.78 is 5.53. The smallest absolute Gasteiger partial charge is 0.198 e. The van der Waals surface area contributed by atoms with E-state index in [-0.39, 0.29) is 11.7 Å². The minimum absolute atomic E-state index is 0.000350. The number of nitrogens with two attached hydrogens (primary N) is 1. The summed E-state index contributed by atoms with van der Waals surface area (Å²) >= 11 is 5.89. The van der Waals surface area contributed by atoms with Gasteiger partial charge in [-0.15, -0.1) is 0 Å². The summed E-state index contributed by atoms with van der Waals surface area (Å²) in [7, 11) is 0. The predicted octanol–water partition coefficient (Wildman–Crippen LogP) is 3.64. The van der Waals surface area contributed by atoms with Crippen LogP contribution in [0.5, 0.6) is 0 Å². The molecule has 0 saturated carbocycles. The molecule has 1 heterocycles. The lowest BCUT2D eigenvalue weighted by atomic mass is 9.99. The third kappa shape index (κ3) is 2.74. The fourth-order valence-electron chi connectivity index (χ4n) is 1.91. The summed E-state index contributed by atoms with van der Waals surface area (Å²) in [6.07, 6.45) is 1.33. The Bertz CT molecular complexity index is 558. The van der Waals surface area contributed by atoms with Crippen molar-refractivity contribution in [1.29, 1.82) is 0 Å². The largest absolute Gasteiger partial charge is 0.453 e. The number of fused-ring (bicyclic) bond motifs is 1. The zero-order chi connectivity index (χ0) is 13.1. The summed E-state index contributed by atoms with van der Waals surface area (Å²) in [4.78, 5) is 12.0. The van der Waals surface area contributed by atoms with Gasteiger partial charge in [0.1, 0.15) is 5.58 Å². The Hall–Kier alpha value is -1.32. The fourth-order valence-corrected chi connectivity index (χ4v) is 2.09. The Labute approximate surface area is 111 Å². The number of halogens is 1. The van der Waals surface area contributed by atoms with Crippen molar-refractivity contribution in [3.05, 3.63) is 35.0 Å². The predicted molar refractivity (Wildman–Crippen MR) is 73.0 cm³/mol. The molecule has 4 heteroatoms. The molecular weight excluding hydrogens is 250 g/mol. The highest BCUT2D eigenvalue weighted by molar-refractivity contribution is 6.31. The van der Waals surface area contributed by atoms with Crippen LogP contribution in [0.15, 0.2) is 28.7 Å². The van der Waals surface area contributed by atoms with Crippen molar-refractivity contribution in [3.63, 3.8) is 0 Å². The van der Waals surface area contributed by atoms with Gasteiger partial charge in [-0.1, -0.05) is 24.9 Å². The molecule has 0 aliphatic rings. The van der Waals surface area contributed by atoms with Crippen molar-refractivity contribution in [2.45, 2.75) is 19.8 Å². The van der Waals surface area contributed by atoms with Gasteiger partial charge < -0.3 is 10.2 Å². The first-order chi connectivity index (χ1) is 8.63. The van der Waals surface area contributed by atoms with Crippen molar-refractivity contribution in [1.82, 2.24) is 0 Å². The lowest BCUT2D eigenvalue weighted by Gasteiger charge is -2.08. The minimum atomic E-state index is -0.000350. The van der Waals surface area contributed by atoms with Gasteiger partial charge in [-0.25, -0.2) is 0 Å². The first-order valence-corrected chi connectivity index (χ1v) is 6.44. The molecule has 0 fully saturated rings. The zero-order valence-electron chi connectivity index (χ0n) is 10.3. The van der Waals surface area contributed by atoms with Gasteiger partial charge in [-0.3, -0.25) is 4.79 Å². The Balaban J connectivity index is 2.23. The molecule has 2 N–H and O–H groups in total. The maximum atomic E-state index is 12.0. The zero-order valence-corrected chi connectivity index (χ0v) is 11.0. The van der Waals surface area contributed by atoms with E-state index in [0.29, 0.717) is 29.3 Å². The van der Waals surface area contributed by atoms with Gasteiger partial charge in [0.2, 0.25) is 0 Å². The van der Waals surface area contributed by atoms with Gasteiger partial charge in [0.25, 0.3) is 0 Å². The Kier molecular flexibility index (Phi) is 4.04. The van der Waals surface area contributed by atoms with Crippen molar-refractivity contribution < 1.29 is 9.21 Å². The van der Waals surface area contributed by atoms with Crippen LogP contribution in [0.25, 0.3) is 11.0 Å². The van der Waals surface area contributed by atoms with Crippen molar-refractivity contribution in [3.8, 4) is 0 Å². The van der Waals surface area contributed by atoms with E-state index in [1.165, 1.54) is 0 Å². The van der Waals surface area contributed by atoms with E-state index in [9.17, 15) is 4.79 Å². The number of benzene rings is 1. The monoisotopic (exact) mass is 265 g/mol. The first-order valence-electron chi connectivity index (χ1n) is 6.06. The molecule has 0 amide bonds. The Morgan fingerprint density at radius 1 is 1.44 bits per heavy atom. The van der Waals surface area contributed by atoms with Crippen LogP contribution in [0.1, 0.15) is 30.3 Å². The summed E-state index contributed by atoms with van der Waals surface area (Å²) in [5.41, 5.74) is 6.29. The normalized spacial score (nSPS) is 12.8. The fraction of sp³-hybridized carbons (Fsp3) is 0.357. The second-order valence-electron chi connectivity index (χ2n) is 4.43. The molecule has 1 unspecified atom stereocenters. The van der Waals surface area contributed by atoms with Crippen LogP contribution < -0.4 is 5.73 Å². The van der Waals surface area contributed by atoms with E-state index >= 15 is 0 Å². The highest BCUT2D eigenvalue weighted by atomic mass is 35.5. The van der Waals surface area contributed by atoms with Gasteiger partial charge in [-0.05, 0) is 36.7 Å². The van der Waals surface area contributed by atoms with E-state index in [1.54, 1.807) is 24.3 Å². The maximum Gasteiger partial charge on any atom is 0.198 e. The number of hydrogen-bond acceptors (Lipinski definition) is 3. The molecule has 1 atom stereocenters. The molecule has 96 valence electrons. The molecule has 2 rings (SSSR count). The van der Waals surface area contributed by atoms with E-state index in [4.69, 9.17) is 21.8 Å².